The predicted molar refractivity (Wildman–Crippen MR) is 118 cm³/mol. The fraction of sp³-hybridized carbons (Fsp3) is 0.217. The van der Waals surface area contributed by atoms with Crippen molar-refractivity contribution in [1.82, 2.24) is 20.4 Å². The lowest BCUT2D eigenvalue weighted by molar-refractivity contribution is -0.121. The van der Waals surface area contributed by atoms with E-state index in [-0.39, 0.29) is 18.4 Å². The summed E-state index contributed by atoms with van der Waals surface area (Å²) in [5.74, 6) is 1.72. The van der Waals surface area contributed by atoms with Gasteiger partial charge < -0.3 is 14.6 Å². The van der Waals surface area contributed by atoms with E-state index >= 15 is 0 Å². The van der Waals surface area contributed by atoms with Crippen molar-refractivity contribution >= 4 is 17.2 Å². The number of aryl methyl sites for hydroxylation is 1. The van der Waals surface area contributed by atoms with Gasteiger partial charge in [-0.1, -0.05) is 29.4 Å². The maximum Gasteiger partial charge on any atom is 0.227 e. The molecule has 1 unspecified atom stereocenters. The molecule has 3 heterocycles. The third-order valence-electron chi connectivity index (χ3n) is 4.66. The van der Waals surface area contributed by atoms with Gasteiger partial charge in [0.1, 0.15) is 12.4 Å². The molecule has 0 radical (unpaired) electrons. The fourth-order valence-electron chi connectivity index (χ4n) is 2.98. The summed E-state index contributed by atoms with van der Waals surface area (Å²) >= 11 is 1.55. The lowest BCUT2D eigenvalue weighted by Crippen LogP contribution is -2.26. The van der Waals surface area contributed by atoms with E-state index in [2.05, 4.69) is 20.4 Å². The summed E-state index contributed by atoms with van der Waals surface area (Å²) in [5, 5.41) is 8.93. The average molecular weight is 435 g/mol. The molecule has 8 heteroatoms. The SMILES string of the molecule is CC(NC(=O)CCc1nc(-c2cccs2)no1)c1ccc(OCc2cccnc2)cc1. The van der Waals surface area contributed by atoms with Gasteiger partial charge in [-0.05, 0) is 42.1 Å². The molecule has 3 aromatic heterocycles. The Morgan fingerprint density at radius 1 is 1.19 bits per heavy atom. The molecule has 0 fully saturated rings. The van der Waals surface area contributed by atoms with Gasteiger partial charge in [-0.15, -0.1) is 11.3 Å². The van der Waals surface area contributed by atoms with Crippen molar-refractivity contribution in [3.8, 4) is 16.5 Å². The molecule has 0 aliphatic carbocycles. The Balaban J connectivity index is 1.24. The number of amides is 1. The largest absolute Gasteiger partial charge is 0.489 e. The molecule has 4 aromatic rings. The molecule has 158 valence electrons. The number of pyridine rings is 1. The van der Waals surface area contributed by atoms with Crippen molar-refractivity contribution in [1.29, 1.82) is 0 Å². The number of nitrogens with zero attached hydrogens (tertiary/aromatic N) is 3. The zero-order chi connectivity index (χ0) is 21.5. The van der Waals surface area contributed by atoms with Crippen LogP contribution >= 0.6 is 11.3 Å². The van der Waals surface area contributed by atoms with Crippen molar-refractivity contribution < 1.29 is 14.1 Å². The summed E-state index contributed by atoms with van der Waals surface area (Å²) in [6.45, 7) is 2.41. The van der Waals surface area contributed by atoms with Crippen LogP contribution in [0.1, 0.15) is 36.4 Å². The van der Waals surface area contributed by atoms with E-state index in [1.165, 1.54) is 0 Å². The number of hydrogen-bond acceptors (Lipinski definition) is 7. The second-order valence-corrected chi connectivity index (χ2v) is 7.94. The molecular weight excluding hydrogens is 412 g/mol. The van der Waals surface area contributed by atoms with Crippen molar-refractivity contribution in [3.05, 3.63) is 83.3 Å². The predicted octanol–water partition coefficient (Wildman–Crippen LogP) is 4.58. The van der Waals surface area contributed by atoms with Crippen LogP contribution in [0, 0.1) is 0 Å². The van der Waals surface area contributed by atoms with Crippen LogP contribution in [0.5, 0.6) is 5.75 Å². The summed E-state index contributed by atoms with van der Waals surface area (Å²) in [4.78, 5) is 21.7. The lowest BCUT2D eigenvalue weighted by Gasteiger charge is -2.15. The van der Waals surface area contributed by atoms with E-state index < -0.39 is 0 Å². The Labute approximate surface area is 184 Å². The molecule has 1 amide bonds. The van der Waals surface area contributed by atoms with Gasteiger partial charge in [0.2, 0.25) is 17.6 Å². The van der Waals surface area contributed by atoms with Crippen LogP contribution in [0.3, 0.4) is 0 Å². The van der Waals surface area contributed by atoms with Gasteiger partial charge in [0.25, 0.3) is 0 Å². The number of carbonyl (C=O) groups excluding carboxylic acids is 1. The molecule has 0 saturated carbocycles. The first kappa shape index (κ1) is 20.7. The minimum absolute atomic E-state index is 0.0692. The highest BCUT2D eigenvalue weighted by Gasteiger charge is 2.13. The first-order chi connectivity index (χ1) is 15.2. The number of carbonyl (C=O) groups is 1. The number of hydrogen-bond donors (Lipinski definition) is 1. The van der Waals surface area contributed by atoms with Gasteiger partial charge in [-0.25, -0.2) is 0 Å². The van der Waals surface area contributed by atoms with Crippen LogP contribution in [0.25, 0.3) is 10.7 Å². The smallest absolute Gasteiger partial charge is 0.227 e. The lowest BCUT2D eigenvalue weighted by atomic mass is 10.1. The van der Waals surface area contributed by atoms with Crippen LogP contribution < -0.4 is 10.1 Å². The monoisotopic (exact) mass is 434 g/mol. The number of ether oxygens (including phenoxy) is 1. The summed E-state index contributed by atoms with van der Waals surface area (Å²) in [6, 6.07) is 15.3. The summed E-state index contributed by atoms with van der Waals surface area (Å²) in [6.07, 6.45) is 4.20. The number of benzene rings is 1. The van der Waals surface area contributed by atoms with Crippen LogP contribution in [0.4, 0.5) is 0 Å². The minimum atomic E-state index is -0.121. The average Bonchev–Trinajstić information content (AvgIpc) is 3.49. The van der Waals surface area contributed by atoms with Gasteiger partial charge in [0, 0.05) is 30.8 Å². The molecule has 1 aromatic carbocycles. The van der Waals surface area contributed by atoms with Gasteiger partial charge in [-0.2, -0.15) is 4.98 Å². The van der Waals surface area contributed by atoms with E-state index in [1.54, 1.807) is 23.7 Å². The van der Waals surface area contributed by atoms with Crippen molar-refractivity contribution in [2.45, 2.75) is 32.4 Å². The van der Waals surface area contributed by atoms with Crippen molar-refractivity contribution in [3.63, 3.8) is 0 Å². The normalized spacial score (nSPS) is 11.8. The second-order valence-electron chi connectivity index (χ2n) is 7.00. The third kappa shape index (κ3) is 5.76. The van der Waals surface area contributed by atoms with Gasteiger partial charge in [0.05, 0.1) is 10.9 Å². The molecule has 0 saturated heterocycles. The Morgan fingerprint density at radius 2 is 2.06 bits per heavy atom. The molecule has 1 atom stereocenters. The van der Waals surface area contributed by atoms with Gasteiger partial charge in [0.15, 0.2) is 0 Å². The van der Waals surface area contributed by atoms with Crippen LogP contribution in [0.15, 0.2) is 70.8 Å². The molecule has 1 N–H and O–H groups in total. The highest BCUT2D eigenvalue weighted by Crippen LogP contribution is 2.22. The quantitative estimate of drug-likeness (QED) is 0.415. The van der Waals surface area contributed by atoms with Gasteiger partial charge >= 0.3 is 0 Å². The Kier molecular flexibility index (Phi) is 6.68. The van der Waals surface area contributed by atoms with Crippen LogP contribution in [-0.2, 0) is 17.8 Å². The van der Waals surface area contributed by atoms with Crippen LogP contribution in [0.2, 0.25) is 0 Å². The van der Waals surface area contributed by atoms with E-state index in [9.17, 15) is 4.79 Å². The maximum absolute atomic E-state index is 12.3. The molecule has 0 aliphatic heterocycles. The summed E-state index contributed by atoms with van der Waals surface area (Å²) < 4.78 is 11.0. The molecule has 0 spiro atoms. The topological polar surface area (TPSA) is 90.1 Å². The molecule has 7 nitrogen and oxygen atoms in total. The first-order valence-electron chi connectivity index (χ1n) is 9.95. The number of aromatic nitrogens is 3. The van der Waals surface area contributed by atoms with E-state index in [4.69, 9.17) is 9.26 Å². The number of thiophene rings is 1. The maximum atomic E-state index is 12.3. The van der Waals surface area contributed by atoms with Gasteiger partial charge in [-0.3, -0.25) is 9.78 Å². The molecule has 31 heavy (non-hydrogen) atoms. The zero-order valence-corrected chi connectivity index (χ0v) is 17.8. The first-order valence-corrected chi connectivity index (χ1v) is 10.8. The minimum Gasteiger partial charge on any atom is -0.489 e. The van der Waals surface area contributed by atoms with Crippen molar-refractivity contribution in [2.75, 3.05) is 0 Å². The van der Waals surface area contributed by atoms with E-state index in [0.717, 1.165) is 21.8 Å². The Morgan fingerprint density at radius 3 is 2.81 bits per heavy atom. The highest BCUT2D eigenvalue weighted by atomic mass is 32.1. The van der Waals surface area contributed by atoms with Crippen molar-refractivity contribution in [2.24, 2.45) is 0 Å². The summed E-state index contributed by atoms with van der Waals surface area (Å²) in [7, 11) is 0. The van der Waals surface area contributed by atoms with E-state index in [0.29, 0.717) is 24.7 Å². The zero-order valence-electron chi connectivity index (χ0n) is 17.0. The van der Waals surface area contributed by atoms with E-state index in [1.807, 2.05) is 60.8 Å². The molecule has 0 aliphatic rings. The highest BCUT2D eigenvalue weighted by molar-refractivity contribution is 7.13. The molecule has 4 rings (SSSR count). The number of rotatable bonds is 9. The molecule has 0 bridgehead atoms. The second kappa shape index (κ2) is 9.99. The van der Waals surface area contributed by atoms with Crippen LogP contribution in [-0.4, -0.2) is 21.0 Å². The number of nitrogens with one attached hydrogen (secondary N) is 1. The summed E-state index contributed by atoms with van der Waals surface area (Å²) in [5.41, 5.74) is 2.01. The standard InChI is InChI=1S/C23H22N4O3S/c1-16(18-6-8-19(9-7-18)29-15-17-4-2-12-24-14-17)25-21(28)10-11-22-26-23(27-30-22)20-5-3-13-31-20/h2-9,12-14,16H,10-11,15H2,1H3,(H,25,28). The molecular formula is C23H22N4O3S. The third-order valence-corrected chi connectivity index (χ3v) is 5.53. The fourth-order valence-corrected chi connectivity index (χ4v) is 3.63. The Bertz CT molecular complexity index is 1100. The Hall–Kier alpha value is -3.52.